The maximum absolute atomic E-state index is 10.4. The Labute approximate surface area is 102 Å². The highest BCUT2D eigenvalue weighted by molar-refractivity contribution is 5.66. The maximum Gasteiger partial charge on any atom is 0.304 e. The summed E-state index contributed by atoms with van der Waals surface area (Å²) >= 11 is 0. The smallest absolute Gasteiger partial charge is 0.304 e. The lowest BCUT2D eigenvalue weighted by atomic mass is 9.83. The second-order valence-electron chi connectivity index (χ2n) is 4.64. The molecule has 0 fully saturated rings. The van der Waals surface area contributed by atoms with E-state index in [1.54, 1.807) is 0 Å². The third-order valence-corrected chi connectivity index (χ3v) is 3.40. The molecule has 0 aromatic heterocycles. The van der Waals surface area contributed by atoms with E-state index in [4.69, 9.17) is 5.11 Å². The van der Waals surface area contributed by atoms with E-state index in [0.29, 0.717) is 12.5 Å². The summed E-state index contributed by atoms with van der Waals surface area (Å²) in [5, 5.41) is 11.8. The summed E-state index contributed by atoms with van der Waals surface area (Å²) in [7, 11) is 0. The van der Waals surface area contributed by atoms with Crippen LogP contribution in [0.15, 0.2) is 24.3 Å². The minimum Gasteiger partial charge on any atom is -0.481 e. The fourth-order valence-corrected chi connectivity index (χ4v) is 2.54. The van der Waals surface area contributed by atoms with Crippen LogP contribution in [0.1, 0.15) is 36.3 Å². The molecule has 92 valence electrons. The van der Waals surface area contributed by atoms with Crippen LogP contribution in [0.25, 0.3) is 0 Å². The van der Waals surface area contributed by atoms with Gasteiger partial charge in [0.1, 0.15) is 0 Å². The number of hydrogen-bond acceptors (Lipinski definition) is 2. The van der Waals surface area contributed by atoms with Crippen molar-refractivity contribution in [2.24, 2.45) is 0 Å². The van der Waals surface area contributed by atoms with E-state index in [9.17, 15) is 4.79 Å². The molecule has 1 aromatic carbocycles. The third-order valence-electron chi connectivity index (χ3n) is 3.40. The normalized spacial score (nSPS) is 18.7. The molecule has 1 atom stereocenters. The van der Waals surface area contributed by atoms with Gasteiger partial charge in [0.15, 0.2) is 0 Å². The fraction of sp³-hybridized carbons (Fsp3) is 0.500. The zero-order valence-electron chi connectivity index (χ0n) is 9.98. The van der Waals surface area contributed by atoms with E-state index >= 15 is 0 Å². The standard InChI is InChI=1S/C14H19NO2/c16-14(17)8-9-15-10-12-6-3-5-11-4-1-2-7-13(11)12/h1-2,4,7,12,15H,3,5-6,8-10H2,(H,16,17). The maximum atomic E-state index is 10.4. The van der Waals surface area contributed by atoms with Crippen molar-refractivity contribution in [3.63, 3.8) is 0 Å². The molecular formula is C14H19NO2. The SMILES string of the molecule is O=C(O)CCNCC1CCCc2ccccc21. The van der Waals surface area contributed by atoms with E-state index in [1.807, 2.05) is 0 Å². The van der Waals surface area contributed by atoms with E-state index in [0.717, 1.165) is 6.54 Å². The van der Waals surface area contributed by atoms with Gasteiger partial charge in [-0.05, 0) is 36.3 Å². The van der Waals surface area contributed by atoms with Crippen LogP contribution in [0, 0.1) is 0 Å². The van der Waals surface area contributed by atoms with Crippen LogP contribution in [0.3, 0.4) is 0 Å². The lowest BCUT2D eigenvalue weighted by molar-refractivity contribution is -0.136. The Kier molecular flexibility index (Phi) is 4.15. The molecule has 0 radical (unpaired) electrons. The Hall–Kier alpha value is -1.35. The van der Waals surface area contributed by atoms with Crippen molar-refractivity contribution >= 4 is 5.97 Å². The molecule has 2 rings (SSSR count). The first-order valence-electron chi connectivity index (χ1n) is 6.27. The molecule has 0 amide bonds. The molecular weight excluding hydrogens is 214 g/mol. The van der Waals surface area contributed by atoms with Gasteiger partial charge in [-0.1, -0.05) is 24.3 Å². The summed E-state index contributed by atoms with van der Waals surface area (Å²) in [6, 6.07) is 8.60. The van der Waals surface area contributed by atoms with Gasteiger partial charge in [-0.3, -0.25) is 4.79 Å². The molecule has 1 aromatic rings. The van der Waals surface area contributed by atoms with Gasteiger partial charge in [0, 0.05) is 13.1 Å². The van der Waals surface area contributed by atoms with E-state index in [1.165, 1.54) is 30.4 Å². The number of fused-ring (bicyclic) bond motifs is 1. The number of rotatable bonds is 5. The van der Waals surface area contributed by atoms with Crippen LogP contribution < -0.4 is 5.32 Å². The molecule has 0 aliphatic heterocycles. The van der Waals surface area contributed by atoms with E-state index in [-0.39, 0.29) is 6.42 Å². The Morgan fingerprint density at radius 3 is 3.06 bits per heavy atom. The highest BCUT2D eigenvalue weighted by atomic mass is 16.4. The van der Waals surface area contributed by atoms with Crippen LogP contribution >= 0.6 is 0 Å². The van der Waals surface area contributed by atoms with Crippen LogP contribution in [0.5, 0.6) is 0 Å². The third kappa shape index (κ3) is 3.30. The molecule has 0 saturated carbocycles. The molecule has 1 unspecified atom stereocenters. The molecule has 3 heteroatoms. The van der Waals surface area contributed by atoms with Crippen molar-refractivity contribution in [3.8, 4) is 0 Å². The predicted octanol–water partition coefficient (Wildman–Crippen LogP) is 2.17. The molecule has 0 saturated heterocycles. The molecule has 0 bridgehead atoms. The van der Waals surface area contributed by atoms with Crippen molar-refractivity contribution in [1.82, 2.24) is 5.32 Å². The van der Waals surface area contributed by atoms with Crippen molar-refractivity contribution in [3.05, 3.63) is 35.4 Å². The lowest BCUT2D eigenvalue weighted by Gasteiger charge is -2.25. The Morgan fingerprint density at radius 1 is 1.41 bits per heavy atom. The molecule has 0 spiro atoms. The Morgan fingerprint density at radius 2 is 2.24 bits per heavy atom. The van der Waals surface area contributed by atoms with Gasteiger partial charge in [0.25, 0.3) is 0 Å². The summed E-state index contributed by atoms with van der Waals surface area (Å²) in [5.41, 5.74) is 2.91. The molecule has 0 heterocycles. The summed E-state index contributed by atoms with van der Waals surface area (Å²) in [5.74, 6) is -0.185. The monoisotopic (exact) mass is 233 g/mol. The fourth-order valence-electron chi connectivity index (χ4n) is 2.54. The van der Waals surface area contributed by atoms with Crippen molar-refractivity contribution in [2.45, 2.75) is 31.6 Å². The quantitative estimate of drug-likeness (QED) is 0.766. The summed E-state index contributed by atoms with van der Waals surface area (Å²) in [4.78, 5) is 10.4. The van der Waals surface area contributed by atoms with Crippen LogP contribution in [0.4, 0.5) is 0 Å². The van der Waals surface area contributed by atoms with E-state index in [2.05, 4.69) is 29.6 Å². The average molecular weight is 233 g/mol. The average Bonchev–Trinajstić information content (AvgIpc) is 2.34. The summed E-state index contributed by atoms with van der Waals surface area (Å²) in [6.45, 7) is 1.46. The highest BCUT2D eigenvalue weighted by Crippen LogP contribution is 2.30. The Bertz CT molecular complexity index is 390. The van der Waals surface area contributed by atoms with Gasteiger partial charge in [-0.25, -0.2) is 0 Å². The summed E-state index contributed by atoms with van der Waals surface area (Å²) in [6.07, 6.45) is 3.83. The zero-order valence-corrected chi connectivity index (χ0v) is 9.98. The van der Waals surface area contributed by atoms with Gasteiger partial charge in [-0.15, -0.1) is 0 Å². The minimum atomic E-state index is -0.735. The zero-order chi connectivity index (χ0) is 12.1. The van der Waals surface area contributed by atoms with E-state index < -0.39 is 5.97 Å². The number of hydrogen-bond donors (Lipinski definition) is 2. The summed E-state index contributed by atoms with van der Waals surface area (Å²) < 4.78 is 0. The largest absolute Gasteiger partial charge is 0.481 e. The van der Waals surface area contributed by atoms with Crippen molar-refractivity contribution in [1.29, 1.82) is 0 Å². The first-order valence-corrected chi connectivity index (χ1v) is 6.27. The van der Waals surface area contributed by atoms with Crippen LogP contribution in [-0.4, -0.2) is 24.2 Å². The number of aryl methyl sites for hydroxylation is 1. The number of nitrogens with one attached hydrogen (secondary N) is 1. The second kappa shape index (κ2) is 5.82. The first-order chi connectivity index (χ1) is 8.27. The molecule has 2 N–H and O–H groups in total. The van der Waals surface area contributed by atoms with Gasteiger partial charge in [0.05, 0.1) is 6.42 Å². The van der Waals surface area contributed by atoms with Gasteiger partial charge < -0.3 is 10.4 Å². The second-order valence-corrected chi connectivity index (χ2v) is 4.64. The van der Waals surface area contributed by atoms with Gasteiger partial charge in [-0.2, -0.15) is 0 Å². The first kappa shape index (κ1) is 12.1. The minimum absolute atomic E-state index is 0.203. The molecule has 1 aliphatic rings. The lowest BCUT2D eigenvalue weighted by Crippen LogP contribution is -2.26. The predicted molar refractivity (Wildman–Crippen MR) is 67.2 cm³/mol. The van der Waals surface area contributed by atoms with Gasteiger partial charge in [0.2, 0.25) is 0 Å². The molecule has 3 nitrogen and oxygen atoms in total. The van der Waals surface area contributed by atoms with Crippen molar-refractivity contribution < 1.29 is 9.90 Å². The number of carboxylic acids is 1. The highest BCUT2D eigenvalue weighted by Gasteiger charge is 2.18. The number of benzene rings is 1. The molecule has 17 heavy (non-hydrogen) atoms. The Balaban J connectivity index is 1.88. The number of carboxylic acid groups (broad SMARTS) is 1. The van der Waals surface area contributed by atoms with Crippen LogP contribution in [-0.2, 0) is 11.2 Å². The van der Waals surface area contributed by atoms with Gasteiger partial charge >= 0.3 is 5.97 Å². The topological polar surface area (TPSA) is 49.3 Å². The van der Waals surface area contributed by atoms with Crippen molar-refractivity contribution in [2.75, 3.05) is 13.1 Å². The van der Waals surface area contributed by atoms with Crippen LogP contribution in [0.2, 0.25) is 0 Å². The number of carbonyl (C=O) groups is 1. The molecule has 1 aliphatic carbocycles. The number of aliphatic carboxylic acids is 1.